The predicted octanol–water partition coefficient (Wildman–Crippen LogP) is 3.02. The second kappa shape index (κ2) is 6.65. The molecular weight excluding hydrogens is 325 g/mol. The van der Waals surface area contributed by atoms with Gasteiger partial charge in [-0.2, -0.15) is 5.10 Å². The summed E-state index contributed by atoms with van der Waals surface area (Å²) in [4.78, 5) is 11.9. The number of nitrogens with zero attached hydrogens (tertiary/aromatic N) is 2. The largest absolute Gasteiger partial charge is 0.384 e. The molecule has 20 heavy (non-hydrogen) atoms. The molecule has 1 aromatic heterocycles. The van der Waals surface area contributed by atoms with E-state index in [-0.39, 0.29) is 17.9 Å². The Balaban J connectivity index is 2.21. The van der Waals surface area contributed by atoms with Crippen LogP contribution in [0.1, 0.15) is 18.9 Å². The fourth-order valence-electron chi connectivity index (χ4n) is 1.74. The second-order valence-electron chi connectivity index (χ2n) is 4.40. The Morgan fingerprint density at radius 2 is 2.20 bits per heavy atom. The van der Waals surface area contributed by atoms with Crippen molar-refractivity contribution in [3.05, 3.63) is 56.7 Å². The van der Waals surface area contributed by atoms with Gasteiger partial charge in [-0.05, 0) is 24.6 Å². The highest BCUT2D eigenvalue weighted by molar-refractivity contribution is 9.10. The molecule has 0 radical (unpaired) electrons. The van der Waals surface area contributed by atoms with Crippen LogP contribution in [-0.4, -0.2) is 16.3 Å². The minimum atomic E-state index is -0.352. The molecule has 0 aliphatic heterocycles. The van der Waals surface area contributed by atoms with Crippen molar-refractivity contribution in [2.24, 2.45) is 0 Å². The first kappa shape index (κ1) is 14.7. The van der Waals surface area contributed by atoms with E-state index in [9.17, 15) is 9.18 Å². The summed E-state index contributed by atoms with van der Waals surface area (Å²) in [6, 6.07) is 6.10. The third-order valence-corrected chi connectivity index (χ3v) is 3.27. The lowest BCUT2D eigenvalue weighted by molar-refractivity contribution is 0.572. The first-order valence-electron chi connectivity index (χ1n) is 6.35. The number of rotatable bonds is 5. The molecule has 6 heteroatoms. The highest BCUT2D eigenvalue weighted by atomic mass is 79.9. The maximum absolute atomic E-state index is 13.7. The second-order valence-corrected chi connectivity index (χ2v) is 5.32. The zero-order valence-corrected chi connectivity index (χ0v) is 12.7. The summed E-state index contributed by atoms with van der Waals surface area (Å²) in [6.07, 6.45) is 2.54. The Bertz CT molecular complexity index is 657. The molecule has 1 aromatic carbocycles. The van der Waals surface area contributed by atoms with E-state index < -0.39 is 0 Å². The molecule has 0 atom stereocenters. The van der Waals surface area contributed by atoms with Gasteiger partial charge in [-0.3, -0.25) is 4.79 Å². The average molecular weight is 340 g/mol. The van der Waals surface area contributed by atoms with E-state index in [0.717, 1.165) is 17.4 Å². The van der Waals surface area contributed by atoms with E-state index in [0.29, 0.717) is 11.3 Å². The predicted molar refractivity (Wildman–Crippen MR) is 80.5 cm³/mol. The summed E-state index contributed by atoms with van der Waals surface area (Å²) in [7, 11) is 0. The van der Waals surface area contributed by atoms with Gasteiger partial charge in [0.05, 0.1) is 18.4 Å². The molecule has 1 heterocycles. The van der Waals surface area contributed by atoms with Crippen LogP contribution in [0, 0.1) is 5.82 Å². The van der Waals surface area contributed by atoms with E-state index in [1.807, 2.05) is 6.92 Å². The number of hydrogen-bond acceptors (Lipinski definition) is 3. The Kier molecular flexibility index (Phi) is 4.89. The third-order valence-electron chi connectivity index (χ3n) is 2.78. The number of halogens is 2. The maximum atomic E-state index is 13.7. The molecule has 0 spiro atoms. The van der Waals surface area contributed by atoms with Gasteiger partial charge in [0.15, 0.2) is 0 Å². The van der Waals surface area contributed by atoms with Gasteiger partial charge in [0.2, 0.25) is 0 Å². The van der Waals surface area contributed by atoms with Crippen molar-refractivity contribution < 1.29 is 4.39 Å². The van der Waals surface area contributed by atoms with Gasteiger partial charge < -0.3 is 5.32 Å². The fraction of sp³-hybridized carbons (Fsp3) is 0.286. The highest BCUT2D eigenvalue weighted by Gasteiger charge is 2.06. The zero-order valence-electron chi connectivity index (χ0n) is 11.1. The van der Waals surface area contributed by atoms with E-state index in [4.69, 9.17) is 0 Å². The number of hydrogen-bond donors (Lipinski definition) is 1. The van der Waals surface area contributed by atoms with Crippen LogP contribution in [0.15, 0.2) is 39.7 Å². The molecule has 2 aromatic rings. The lowest BCUT2D eigenvalue weighted by Crippen LogP contribution is -2.23. The number of nitrogens with one attached hydrogen (secondary N) is 1. The maximum Gasteiger partial charge on any atom is 0.269 e. The zero-order chi connectivity index (χ0) is 14.5. The van der Waals surface area contributed by atoms with Crippen molar-refractivity contribution in [2.75, 3.05) is 11.9 Å². The van der Waals surface area contributed by atoms with Crippen LogP contribution < -0.4 is 10.9 Å². The smallest absolute Gasteiger partial charge is 0.269 e. The normalized spacial score (nSPS) is 10.6. The number of benzene rings is 1. The Morgan fingerprint density at radius 1 is 1.40 bits per heavy atom. The quantitative estimate of drug-likeness (QED) is 0.910. The lowest BCUT2D eigenvalue weighted by Gasteiger charge is -2.08. The molecule has 2 rings (SSSR count). The minimum Gasteiger partial charge on any atom is -0.384 e. The van der Waals surface area contributed by atoms with E-state index in [1.54, 1.807) is 18.3 Å². The monoisotopic (exact) mass is 339 g/mol. The van der Waals surface area contributed by atoms with E-state index >= 15 is 0 Å². The van der Waals surface area contributed by atoms with Crippen LogP contribution >= 0.6 is 15.9 Å². The molecule has 0 amide bonds. The Morgan fingerprint density at radius 3 is 2.90 bits per heavy atom. The summed E-state index contributed by atoms with van der Waals surface area (Å²) >= 11 is 3.28. The SMILES string of the molecule is CCCNc1cnn(Cc2cc(Br)ccc2F)c(=O)c1. The van der Waals surface area contributed by atoms with Crippen LogP contribution in [-0.2, 0) is 6.54 Å². The van der Waals surface area contributed by atoms with Crippen molar-refractivity contribution >= 4 is 21.6 Å². The van der Waals surface area contributed by atoms with E-state index in [2.05, 4.69) is 26.3 Å². The lowest BCUT2D eigenvalue weighted by atomic mass is 10.2. The molecule has 0 aliphatic carbocycles. The highest BCUT2D eigenvalue weighted by Crippen LogP contribution is 2.16. The van der Waals surface area contributed by atoms with Crippen LogP contribution in [0.5, 0.6) is 0 Å². The number of anilines is 1. The van der Waals surface area contributed by atoms with Gasteiger partial charge in [-0.15, -0.1) is 0 Å². The van der Waals surface area contributed by atoms with Crippen LogP contribution in [0.2, 0.25) is 0 Å². The number of aromatic nitrogens is 2. The summed E-state index contributed by atoms with van der Waals surface area (Å²) in [5.74, 6) is -0.352. The van der Waals surface area contributed by atoms with Crippen LogP contribution in [0.4, 0.5) is 10.1 Å². The van der Waals surface area contributed by atoms with Gasteiger partial charge >= 0.3 is 0 Å². The first-order chi connectivity index (χ1) is 9.60. The average Bonchev–Trinajstić information content (AvgIpc) is 2.43. The molecule has 0 unspecified atom stereocenters. The molecule has 4 nitrogen and oxygen atoms in total. The van der Waals surface area contributed by atoms with Crippen molar-refractivity contribution in [1.82, 2.24) is 9.78 Å². The fourth-order valence-corrected chi connectivity index (χ4v) is 2.15. The van der Waals surface area contributed by atoms with Gasteiger partial charge in [-0.1, -0.05) is 22.9 Å². The standard InChI is InChI=1S/C14H15BrFN3O/c1-2-5-17-12-7-14(20)19(18-8-12)9-10-6-11(15)3-4-13(10)16/h3-4,6-8,17H,2,5,9H2,1H3. The summed E-state index contributed by atoms with van der Waals surface area (Å²) in [5.41, 5.74) is 0.844. The van der Waals surface area contributed by atoms with Crippen LogP contribution in [0.25, 0.3) is 0 Å². The van der Waals surface area contributed by atoms with Crippen molar-refractivity contribution in [3.8, 4) is 0 Å². The molecular formula is C14H15BrFN3O. The summed E-state index contributed by atoms with van der Waals surface area (Å²) < 4.78 is 15.7. The van der Waals surface area contributed by atoms with Gasteiger partial charge in [-0.25, -0.2) is 9.07 Å². The minimum absolute atomic E-state index is 0.109. The molecule has 0 saturated heterocycles. The van der Waals surface area contributed by atoms with Gasteiger partial charge in [0, 0.05) is 22.6 Å². The third kappa shape index (κ3) is 3.66. The topological polar surface area (TPSA) is 46.9 Å². The van der Waals surface area contributed by atoms with Crippen molar-refractivity contribution in [1.29, 1.82) is 0 Å². The summed E-state index contributed by atoms with van der Waals surface area (Å²) in [5, 5.41) is 7.15. The van der Waals surface area contributed by atoms with Crippen LogP contribution in [0.3, 0.4) is 0 Å². The molecule has 106 valence electrons. The molecule has 0 fully saturated rings. The van der Waals surface area contributed by atoms with Gasteiger partial charge in [0.1, 0.15) is 5.82 Å². The van der Waals surface area contributed by atoms with Gasteiger partial charge in [0.25, 0.3) is 5.56 Å². The van der Waals surface area contributed by atoms with Crippen molar-refractivity contribution in [3.63, 3.8) is 0 Å². The Labute approximate surface area is 124 Å². The summed E-state index contributed by atoms with van der Waals surface area (Å²) in [6.45, 7) is 2.93. The van der Waals surface area contributed by atoms with Crippen molar-refractivity contribution in [2.45, 2.75) is 19.9 Å². The van der Waals surface area contributed by atoms with E-state index in [1.165, 1.54) is 16.8 Å². The molecule has 0 aliphatic rings. The molecule has 0 bridgehead atoms. The molecule has 1 N–H and O–H groups in total. The first-order valence-corrected chi connectivity index (χ1v) is 7.14. The molecule has 0 saturated carbocycles. The Hall–Kier alpha value is -1.69.